The van der Waals surface area contributed by atoms with Crippen LogP contribution in [0, 0.1) is 28.1 Å². The van der Waals surface area contributed by atoms with E-state index in [9.17, 15) is 0 Å². The molecule has 2 aliphatic carbocycles. The lowest BCUT2D eigenvalue weighted by Gasteiger charge is -2.40. The Bertz CT molecular complexity index is 575. The molecule has 3 rings (SSSR count). The SMILES string of the molecule is CC1(C)C2CCC1(C)C(Nc1cccc(OCC#N)c1)C2. The van der Waals surface area contributed by atoms with Gasteiger partial charge < -0.3 is 10.1 Å². The Hall–Kier alpha value is -1.69. The fourth-order valence-corrected chi connectivity index (χ4v) is 4.41. The van der Waals surface area contributed by atoms with E-state index in [0.717, 1.165) is 17.4 Å². The number of nitrogens with zero attached hydrogens (tertiary/aromatic N) is 1. The van der Waals surface area contributed by atoms with Crippen LogP contribution in [0.3, 0.4) is 0 Å². The van der Waals surface area contributed by atoms with Crippen molar-refractivity contribution in [3.63, 3.8) is 0 Å². The van der Waals surface area contributed by atoms with E-state index in [2.05, 4.69) is 32.2 Å². The Balaban J connectivity index is 1.75. The van der Waals surface area contributed by atoms with Crippen molar-refractivity contribution >= 4 is 5.69 Å². The van der Waals surface area contributed by atoms with Crippen molar-refractivity contribution in [2.45, 2.75) is 46.1 Å². The second-order valence-corrected chi connectivity index (χ2v) is 7.28. The molecule has 2 bridgehead atoms. The van der Waals surface area contributed by atoms with Crippen LogP contribution in [0.2, 0.25) is 0 Å². The van der Waals surface area contributed by atoms with Crippen LogP contribution in [-0.4, -0.2) is 12.6 Å². The minimum atomic E-state index is 0.0969. The lowest BCUT2D eigenvalue weighted by molar-refractivity contribution is 0.142. The molecule has 0 radical (unpaired) electrons. The maximum absolute atomic E-state index is 8.60. The maximum atomic E-state index is 8.60. The summed E-state index contributed by atoms with van der Waals surface area (Å²) in [7, 11) is 0. The number of nitriles is 1. The Morgan fingerprint density at radius 1 is 1.38 bits per heavy atom. The summed E-state index contributed by atoms with van der Waals surface area (Å²) >= 11 is 0. The predicted molar refractivity (Wildman–Crippen MR) is 84.2 cm³/mol. The van der Waals surface area contributed by atoms with Gasteiger partial charge in [0.15, 0.2) is 6.61 Å². The summed E-state index contributed by atoms with van der Waals surface area (Å²) in [6, 6.07) is 10.5. The highest BCUT2D eigenvalue weighted by atomic mass is 16.5. The first kappa shape index (κ1) is 14.3. The zero-order valence-electron chi connectivity index (χ0n) is 13.1. The van der Waals surface area contributed by atoms with E-state index >= 15 is 0 Å². The molecule has 21 heavy (non-hydrogen) atoms. The molecule has 0 heterocycles. The van der Waals surface area contributed by atoms with Gasteiger partial charge in [-0.15, -0.1) is 0 Å². The molecule has 112 valence electrons. The summed E-state index contributed by atoms with van der Waals surface area (Å²) in [6.45, 7) is 7.39. The average Bonchev–Trinajstić information content (AvgIpc) is 2.79. The van der Waals surface area contributed by atoms with Crippen LogP contribution in [0.5, 0.6) is 5.75 Å². The number of ether oxygens (including phenoxy) is 1. The second-order valence-electron chi connectivity index (χ2n) is 7.28. The molecule has 0 amide bonds. The van der Waals surface area contributed by atoms with Crippen molar-refractivity contribution in [1.82, 2.24) is 0 Å². The van der Waals surface area contributed by atoms with Crippen LogP contribution in [0.25, 0.3) is 0 Å². The van der Waals surface area contributed by atoms with E-state index in [4.69, 9.17) is 10.00 Å². The summed E-state index contributed by atoms with van der Waals surface area (Å²) in [5.74, 6) is 1.59. The van der Waals surface area contributed by atoms with Crippen LogP contribution >= 0.6 is 0 Å². The maximum Gasteiger partial charge on any atom is 0.174 e. The van der Waals surface area contributed by atoms with Crippen LogP contribution in [0.1, 0.15) is 40.0 Å². The highest BCUT2D eigenvalue weighted by molar-refractivity contribution is 5.50. The van der Waals surface area contributed by atoms with Crippen LogP contribution in [0.4, 0.5) is 5.69 Å². The summed E-state index contributed by atoms with van der Waals surface area (Å²) in [5, 5.41) is 12.3. The summed E-state index contributed by atoms with van der Waals surface area (Å²) in [6.07, 6.45) is 3.94. The molecular weight excluding hydrogens is 260 g/mol. The molecule has 0 aromatic heterocycles. The first-order valence-electron chi connectivity index (χ1n) is 7.84. The summed E-state index contributed by atoms with van der Waals surface area (Å²) in [5.41, 5.74) is 1.88. The molecule has 3 heteroatoms. The van der Waals surface area contributed by atoms with Gasteiger partial charge >= 0.3 is 0 Å². The molecule has 1 aromatic carbocycles. The molecule has 1 N–H and O–H groups in total. The summed E-state index contributed by atoms with van der Waals surface area (Å²) in [4.78, 5) is 0. The third-order valence-corrected chi connectivity index (χ3v) is 6.27. The van der Waals surface area contributed by atoms with E-state index in [1.807, 2.05) is 24.3 Å². The molecule has 1 aromatic rings. The zero-order chi connectivity index (χ0) is 15.1. The highest BCUT2D eigenvalue weighted by Crippen LogP contribution is 2.65. The number of hydrogen-bond donors (Lipinski definition) is 1. The van der Waals surface area contributed by atoms with Crippen LogP contribution < -0.4 is 10.1 Å². The molecule has 2 saturated carbocycles. The van der Waals surface area contributed by atoms with Gasteiger partial charge in [0.05, 0.1) is 0 Å². The lowest BCUT2D eigenvalue weighted by atomic mass is 9.69. The van der Waals surface area contributed by atoms with E-state index in [1.165, 1.54) is 19.3 Å². The van der Waals surface area contributed by atoms with Gasteiger partial charge in [-0.2, -0.15) is 5.26 Å². The Morgan fingerprint density at radius 3 is 2.81 bits per heavy atom. The van der Waals surface area contributed by atoms with Crippen molar-refractivity contribution in [1.29, 1.82) is 5.26 Å². The molecular formula is C18H24N2O. The quantitative estimate of drug-likeness (QED) is 0.900. The number of fused-ring (bicyclic) bond motifs is 2. The number of rotatable bonds is 4. The van der Waals surface area contributed by atoms with Crippen molar-refractivity contribution in [3.05, 3.63) is 24.3 Å². The largest absolute Gasteiger partial charge is 0.479 e. The third-order valence-electron chi connectivity index (χ3n) is 6.27. The van der Waals surface area contributed by atoms with Gasteiger partial charge in [-0.1, -0.05) is 26.8 Å². The lowest BCUT2D eigenvalue weighted by Crippen LogP contribution is -2.40. The Morgan fingerprint density at radius 2 is 2.19 bits per heavy atom. The predicted octanol–water partition coefficient (Wildman–Crippen LogP) is 4.22. The van der Waals surface area contributed by atoms with Crippen LogP contribution in [-0.2, 0) is 0 Å². The van der Waals surface area contributed by atoms with E-state index in [-0.39, 0.29) is 6.61 Å². The first-order chi connectivity index (χ1) is 9.97. The average molecular weight is 284 g/mol. The Labute approximate surface area is 127 Å². The van der Waals surface area contributed by atoms with Crippen molar-refractivity contribution in [3.8, 4) is 11.8 Å². The van der Waals surface area contributed by atoms with Gasteiger partial charge in [-0.05, 0) is 48.1 Å². The number of benzene rings is 1. The smallest absolute Gasteiger partial charge is 0.174 e. The van der Waals surface area contributed by atoms with E-state index in [1.54, 1.807) is 0 Å². The second kappa shape index (κ2) is 4.94. The van der Waals surface area contributed by atoms with Gasteiger partial charge in [0.1, 0.15) is 11.8 Å². The first-order valence-corrected chi connectivity index (χ1v) is 7.84. The van der Waals surface area contributed by atoms with Gasteiger partial charge in [-0.25, -0.2) is 0 Å². The molecule has 0 saturated heterocycles. The molecule has 3 atom stereocenters. The van der Waals surface area contributed by atoms with Crippen molar-refractivity contribution in [2.75, 3.05) is 11.9 Å². The molecule has 0 aliphatic heterocycles. The van der Waals surface area contributed by atoms with Crippen LogP contribution in [0.15, 0.2) is 24.3 Å². The molecule has 3 unspecified atom stereocenters. The van der Waals surface area contributed by atoms with Gasteiger partial charge in [0.25, 0.3) is 0 Å². The number of anilines is 1. The monoisotopic (exact) mass is 284 g/mol. The minimum Gasteiger partial charge on any atom is -0.479 e. The third kappa shape index (κ3) is 2.18. The zero-order valence-corrected chi connectivity index (χ0v) is 13.1. The van der Waals surface area contributed by atoms with Crippen molar-refractivity contribution in [2.24, 2.45) is 16.7 Å². The molecule has 2 fully saturated rings. The number of hydrogen-bond acceptors (Lipinski definition) is 3. The summed E-state index contributed by atoms with van der Waals surface area (Å²) < 4.78 is 5.39. The minimum absolute atomic E-state index is 0.0969. The molecule has 3 nitrogen and oxygen atoms in total. The standard InChI is InChI=1S/C18H24N2O/c1-17(2)13-7-8-18(17,3)16(11-13)20-14-5-4-6-15(12-14)21-10-9-19/h4-6,12-13,16,20H,7-8,10-11H2,1-3H3. The van der Waals surface area contributed by atoms with E-state index in [0.29, 0.717) is 16.9 Å². The highest BCUT2D eigenvalue weighted by Gasteiger charge is 2.61. The van der Waals surface area contributed by atoms with Crippen molar-refractivity contribution < 1.29 is 4.74 Å². The topological polar surface area (TPSA) is 45.0 Å². The van der Waals surface area contributed by atoms with Gasteiger partial charge in [0.2, 0.25) is 0 Å². The Kier molecular flexibility index (Phi) is 3.36. The molecule has 2 aliphatic rings. The fraction of sp³-hybridized carbons (Fsp3) is 0.611. The van der Waals surface area contributed by atoms with E-state index < -0.39 is 0 Å². The normalized spacial score (nSPS) is 32.7. The fourth-order valence-electron chi connectivity index (χ4n) is 4.41. The number of nitrogens with one attached hydrogen (secondary N) is 1. The van der Waals surface area contributed by atoms with Gasteiger partial charge in [0, 0.05) is 17.8 Å². The molecule has 0 spiro atoms. The van der Waals surface area contributed by atoms with Gasteiger partial charge in [-0.3, -0.25) is 0 Å².